The zero-order chi connectivity index (χ0) is 15.6. The van der Waals surface area contributed by atoms with E-state index < -0.39 is 15.9 Å². The molecular formula is C12H10BrClN2O4S. The van der Waals surface area contributed by atoms with Crippen LogP contribution in [0.15, 0.2) is 39.6 Å². The van der Waals surface area contributed by atoms with E-state index in [9.17, 15) is 13.2 Å². The smallest absolute Gasteiger partial charge is 0.260 e. The van der Waals surface area contributed by atoms with E-state index in [0.29, 0.717) is 15.9 Å². The maximum absolute atomic E-state index is 12.0. The maximum atomic E-state index is 12.0. The van der Waals surface area contributed by atoms with Gasteiger partial charge in [0, 0.05) is 0 Å². The summed E-state index contributed by atoms with van der Waals surface area (Å²) in [4.78, 5) is 12.0. The third-order valence-electron chi connectivity index (χ3n) is 2.38. The number of sulfonamides is 1. The molecule has 0 bridgehead atoms. The lowest BCUT2D eigenvalue weighted by Gasteiger charge is -2.10. The Hall–Kier alpha value is -1.51. The summed E-state index contributed by atoms with van der Waals surface area (Å²) < 4.78 is 30.0. The Kier molecular flexibility index (Phi) is 4.60. The Morgan fingerprint density at radius 3 is 2.62 bits per heavy atom. The standard InChI is InChI=1S/C12H10BrClN2O4S/c1-21(18,19)16-7-2-3-9(14)10(6-7)15-12(17)8-4-5-20-11(8)13/h2-6,16H,1H3,(H,15,17). The monoisotopic (exact) mass is 392 g/mol. The van der Waals surface area contributed by atoms with Gasteiger partial charge in [0.1, 0.15) is 0 Å². The second-order valence-electron chi connectivity index (χ2n) is 4.13. The van der Waals surface area contributed by atoms with Crippen LogP contribution in [0.25, 0.3) is 0 Å². The highest BCUT2D eigenvalue weighted by atomic mass is 79.9. The number of nitrogens with one attached hydrogen (secondary N) is 2. The van der Waals surface area contributed by atoms with Gasteiger partial charge in [-0.15, -0.1) is 0 Å². The van der Waals surface area contributed by atoms with E-state index in [0.717, 1.165) is 6.26 Å². The van der Waals surface area contributed by atoms with Crippen LogP contribution in [-0.2, 0) is 10.0 Å². The van der Waals surface area contributed by atoms with Gasteiger partial charge in [0.05, 0.1) is 34.5 Å². The van der Waals surface area contributed by atoms with Crippen molar-refractivity contribution >= 4 is 54.8 Å². The number of amides is 1. The maximum Gasteiger partial charge on any atom is 0.260 e. The summed E-state index contributed by atoms with van der Waals surface area (Å²) >= 11 is 9.09. The zero-order valence-electron chi connectivity index (χ0n) is 10.7. The minimum Gasteiger partial charge on any atom is -0.457 e. The first-order chi connectivity index (χ1) is 9.76. The normalized spacial score (nSPS) is 11.2. The van der Waals surface area contributed by atoms with Crippen LogP contribution in [0.4, 0.5) is 11.4 Å². The highest BCUT2D eigenvalue weighted by Crippen LogP contribution is 2.27. The Labute approximate surface area is 134 Å². The summed E-state index contributed by atoms with van der Waals surface area (Å²) in [7, 11) is -3.41. The number of hydrogen-bond donors (Lipinski definition) is 2. The first kappa shape index (κ1) is 15.9. The molecule has 0 atom stereocenters. The van der Waals surface area contributed by atoms with Crippen molar-refractivity contribution in [3.05, 3.63) is 45.8 Å². The minimum absolute atomic E-state index is 0.280. The van der Waals surface area contributed by atoms with Crippen LogP contribution < -0.4 is 10.0 Å². The van der Waals surface area contributed by atoms with Crippen molar-refractivity contribution in [2.24, 2.45) is 0 Å². The lowest BCUT2D eigenvalue weighted by molar-refractivity contribution is 0.102. The molecule has 0 aliphatic heterocycles. The summed E-state index contributed by atoms with van der Waals surface area (Å²) in [5.41, 5.74) is 0.874. The second-order valence-corrected chi connectivity index (χ2v) is 7.01. The molecular weight excluding hydrogens is 384 g/mol. The Bertz CT molecular complexity index is 788. The SMILES string of the molecule is CS(=O)(=O)Nc1ccc(Cl)c(NC(=O)c2ccoc2Br)c1. The molecule has 0 saturated carbocycles. The summed E-state index contributed by atoms with van der Waals surface area (Å²) in [5, 5.41) is 2.86. The third kappa shape index (κ3) is 4.23. The largest absolute Gasteiger partial charge is 0.457 e. The second kappa shape index (κ2) is 6.08. The van der Waals surface area contributed by atoms with Crippen LogP contribution >= 0.6 is 27.5 Å². The van der Waals surface area contributed by atoms with Crippen molar-refractivity contribution in [3.8, 4) is 0 Å². The summed E-state index contributed by atoms with van der Waals surface area (Å²) in [6.45, 7) is 0. The van der Waals surface area contributed by atoms with Gasteiger partial charge in [0.15, 0.2) is 4.67 Å². The van der Waals surface area contributed by atoms with Crippen LogP contribution in [0.3, 0.4) is 0 Å². The van der Waals surface area contributed by atoms with Gasteiger partial charge in [0.2, 0.25) is 10.0 Å². The fraction of sp³-hybridized carbons (Fsp3) is 0.0833. The average Bonchev–Trinajstić information content (AvgIpc) is 2.78. The van der Waals surface area contributed by atoms with Crippen molar-refractivity contribution in [1.82, 2.24) is 0 Å². The molecule has 2 N–H and O–H groups in total. The number of benzene rings is 1. The van der Waals surface area contributed by atoms with Crippen LogP contribution in [0.1, 0.15) is 10.4 Å². The molecule has 1 aromatic carbocycles. The van der Waals surface area contributed by atoms with E-state index in [1.54, 1.807) is 0 Å². The van der Waals surface area contributed by atoms with Gasteiger partial charge < -0.3 is 9.73 Å². The van der Waals surface area contributed by atoms with Crippen LogP contribution in [-0.4, -0.2) is 20.6 Å². The van der Waals surface area contributed by atoms with Crippen molar-refractivity contribution in [1.29, 1.82) is 0 Å². The summed E-state index contributed by atoms with van der Waals surface area (Å²) in [6, 6.07) is 5.89. The molecule has 1 amide bonds. The van der Waals surface area contributed by atoms with Gasteiger partial charge in [-0.3, -0.25) is 9.52 Å². The first-order valence-corrected chi connectivity index (χ1v) is 8.64. The number of hydrogen-bond acceptors (Lipinski definition) is 4. The predicted octanol–water partition coefficient (Wildman–Crippen LogP) is 3.32. The molecule has 9 heteroatoms. The Morgan fingerprint density at radius 1 is 1.33 bits per heavy atom. The number of rotatable bonds is 4. The summed E-state index contributed by atoms with van der Waals surface area (Å²) in [5.74, 6) is -0.436. The van der Waals surface area contributed by atoms with Gasteiger partial charge in [-0.2, -0.15) is 0 Å². The number of anilines is 2. The zero-order valence-corrected chi connectivity index (χ0v) is 13.8. The Morgan fingerprint density at radius 2 is 2.05 bits per heavy atom. The first-order valence-electron chi connectivity index (χ1n) is 5.58. The Balaban J connectivity index is 2.25. The average molecular weight is 394 g/mol. The predicted molar refractivity (Wildman–Crippen MR) is 84.3 cm³/mol. The van der Waals surface area contributed by atoms with Crippen LogP contribution in [0.5, 0.6) is 0 Å². The molecule has 1 aromatic heterocycles. The number of halogens is 2. The molecule has 21 heavy (non-hydrogen) atoms. The highest BCUT2D eigenvalue weighted by Gasteiger charge is 2.15. The minimum atomic E-state index is -3.41. The lowest BCUT2D eigenvalue weighted by Crippen LogP contribution is -2.13. The molecule has 112 valence electrons. The fourth-order valence-electron chi connectivity index (χ4n) is 1.54. The molecule has 0 unspecified atom stereocenters. The summed E-state index contributed by atoms with van der Waals surface area (Å²) in [6.07, 6.45) is 2.39. The number of carbonyl (C=O) groups excluding carboxylic acids is 1. The molecule has 2 rings (SSSR count). The lowest BCUT2D eigenvalue weighted by atomic mass is 10.2. The van der Waals surface area contributed by atoms with Gasteiger partial charge in [-0.05, 0) is 40.2 Å². The van der Waals surface area contributed by atoms with E-state index in [1.165, 1.54) is 30.5 Å². The molecule has 0 fully saturated rings. The van der Waals surface area contributed by atoms with Gasteiger partial charge >= 0.3 is 0 Å². The molecule has 0 aliphatic rings. The van der Waals surface area contributed by atoms with Gasteiger partial charge in [-0.25, -0.2) is 8.42 Å². The number of carbonyl (C=O) groups is 1. The molecule has 1 heterocycles. The molecule has 2 aromatic rings. The molecule has 0 spiro atoms. The van der Waals surface area contributed by atoms with Gasteiger partial charge in [-0.1, -0.05) is 11.6 Å². The third-order valence-corrected chi connectivity index (χ3v) is 3.93. The van der Waals surface area contributed by atoms with Crippen molar-refractivity contribution < 1.29 is 17.6 Å². The van der Waals surface area contributed by atoms with Gasteiger partial charge in [0.25, 0.3) is 5.91 Å². The van der Waals surface area contributed by atoms with Crippen LogP contribution in [0.2, 0.25) is 5.02 Å². The molecule has 6 nitrogen and oxygen atoms in total. The number of furan rings is 1. The molecule has 0 saturated heterocycles. The van der Waals surface area contributed by atoms with Crippen molar-refractivity contribution in [2.45, 2.75) is 0 Å². The molecule has 0 aliphatic carbocycles. The van der Waals surface area contributed by atoms with E-state index in [2.05, 4.69) is 26.0 Å². The molecule has 0 radical (unpaired) electrons. The van der Waals surface area contributed by atoms with E-state index in [4.69, 9.17) is 16.0 Å². The van der Waals surface area contributed by atoms with E-state index in [1.807, 2.05) is 0 Å². The van der Waals surface area contributed by atoms with Crippen molar-refractivity contribution in [2.75, 3.05) is 16.3 Å². The van der Waals surface area contributed by atoms with E-state index in [-0.39, 0.29) is 10.7 Å². The quantitative estimate of drug-likeness (QED) is 0.834. The van der Waals surface area contributed by atoms with E-state index >= 15 is 0 Å². The topological polar surface area (TPSA) is 88.4 Å². The highest BCUT2D eigenvalue weighted by molar-refractivity contribution is 9.10. The fourth-order valence-corrected chi connectivity index (χ4v) is 2.68. The van der Waals surface area contributed by atoms with Crippen LogP contribution in [0, 0.1) is 0 Å². The van der Waals surface area contributed by atoms with Crippen molar-refractivity contribution in [3.63, 3.8) is 0 Å².